The number of carboxylic acid groups (broad SMARTS) is 1. The van der Waals surface area contributed by atoms with Crippen LogP contribution in [0.2, 0.25) is 20.1 Å². The normalized spacial score (nSPS) is 21.6. The SMILES string of the molecule is CCC12CCC(=O)C=C1c1c(cc(OCC(=O)O)c(Cl)c1Cl)C2.CCC12CCC(=O)C=C1c1c(cc(OCC(=O)n3ccnc3)c(Cl)c1Cl)C2. The average Bonchev–Trinajstić information content (AvgIpc) is 3.82. The van der Waals surface area contributed by atoms with Crippen LogP contribution in [0, 0.1) is 10.8 Å². The minimum atomic E-state index is -1.08. The number of carbonyl (C=O) groups is 4. The highest BCUT2D eigenvalue weighted by molar-refractivity contribution is 6.45. The second-order valence-corrected chi connectivity index (χ2v) is 14.6. The molecule has 0 saturated carbocycles. The number of allylic oxidation sites excluding steroid dienone is 4. The van der Waals surface area contributed by atoms with Gasteiger partial charge in [0.1, 0.15) is 27.9 Å². The highest BCUT2D eigenvalue weighted by Gasteiger charge is 2.46. The Morgan fingerprint density at radius 2 is 1.28 bits per heavy atom. The van der Waals surface area contributed by atoms with E-state index in [0.29, 0.717) is 28.6 Å². The number of rotatable bonds is 8. The van der Waals surface area contributed by atoms with Gasteiger partial charge in [-0.3, -0.25) is 19.0 Å². The van der Waals surface area contributed by atoms with Gasteiger partial charge in [0.05, 0.1) is 10.0 Å². The summed E-state index contributed by atoms with van der Waals surface area (Å²) in [6.45, 7) is 3.58. The molecule has 0 bridgehead atoms. The van der Waals surface area contributed by atoms with Crippen LogP contribution in [0.1, 0.15) is 79.4 Å². The van der Waals surface area contributed by atoms with Crippen LogP contribution in [0.3, 0.4) is 0 Å². The molecule has 9 nitrogen and oxygen atoms in total. The molecule has 4 aliphatic rings. The fourth-order valence-electron chi connectivity index (χ4n) is 7.66. The largest absolute Gasteiger partial charge is 0.482 e. The van der Waals surface area contributed by atoms with Gasteiger partial charge in [0.25, 0.3) is 5.91 Å². The van der Waals surface area contributed by atoms with Gasteiger partial charge in [-0.1, -0.05) is 60.3 Å². The minimum Gasteiger partial charge on any atom is -0.482 e. The summed E-state index contributed by atoms with van der Waals surface area (Å²) in [4.78, 5) is 50.5. The standard InChI is InChI=1S/C20H18Cl2N2O3.C17H16Cl2O4/c1-2-20-4-3-13(25)8-14(20)17-12(9-20)7-15(18(21)19(17)22)27-10-16(26)24-6-5-23-11-24;1-2-17-4-3-10(20)6-11(17)14-9(7-17)5-12(15(18)16(14)19)23-8-13(21)22/h5-8,11H,2-4,9-10H2,1H3;5-6H,2-4,7-8H2,1H3,(H,21,22). The molecule has 1 heterocycles. The second-order valence-electron chi connectivity index (χ2n) is 13.1. The summed E-state index contributed by atoms with van der Waals surface area (Å²) in [6, 6.07) is 3.61. The Morgan fingerprint density at radius 3 is 1.70 bits per heavy atom. The minimum absolute atomic E-state index is 0.0749. The quantitative estimate of drug-likeness (QED) is 0.242. The molecule has 2 aromatic carbocycles. The lowest BCUT2D eigenvalue weighted by Gasteiger charge is -2.32. The van der Waals surface area contributed by atoms with Crippen molar-refractivity contribution in [1.82, 2.24) is 9.55 Å². The molecule has 0 aliphatic heterocycles. The van der Waals surface area contributed by atoms with E-state index in [2.05, 4.69) is 18.8 Å². The number of halogens is 4. The Labute approximate surface area is 309 Å². The van der Waals surface area contributed by atoms with E-state index in [1.165, 1.54) is 17.1 Å². The van der Waals surface area contributed by atoms with Gasteiger partial charge < -0.3 is 14.6 Å². The lowest BCUT2D eigenvalue weighted by atomic mass is 9.71. The third-order valence-corrected chi connectivity index (χ3v) is 12.1. The van der Waals surface area contributed by atoms with Gasteiger partial charge in [0.2, 0.25) is 0 Å². The smallest absolute Gasteiger partial charge is 0.341 e. The molecule has 7 rings (SSSR count). The number of fused-ring (bicyclic) bond motifs is 6. The molecule has 1 N–H and O–H groups in total. The highest BCUT2D eigenvalue weighted by atomic mass is 35.5. The summed E-state index contributed by atoms with van der Waals surface area (Å²) in [7, 11) is 0. The van der Waals surface area contributed by atoms with Crippen molar-refractivity contribution in [3.8, 4) is 11.5 Å². The first-order valence-corrected chi connectivity index (χ1v) is 17.8. The number of carbonyl (C=O) groups excluding carboxylic acids is 3. The fraction of sp³-hybridized carbons (Fsp3) is 0.378. The molecule has 2 unspecified atom stereocenters. The molecule has 0 fully saturated rings. The van der Waals surface area contributed by atoms with Gasteiger partial charge in [-0.15, -0.1) is 0 Å². The summed E-state index contributed by atoms with van der Waals surface area (Å²) in [5.74, 6) is -0.451. The monoisotopic (exact) mass is 758 g/mol. The number of nitrogens with zero attached hydrogens (tertiary/aromatic N) is 2. The van der Waals surface area contributed by atoms with Crippen molar-refractivity contribution in [3.05, 3.63) is 85.4 Å². The Morgan fingerprint density at radius 1 is 0.800 bits per heavy atom. The predicted octanol–water partition coefficient (Wildman–Crippen LogP) is 8.76. The Kier molecular flexibility index (Phi) is 10.3. The van der Waals surface area contributed by atoms with Crippen molar-refractivity contribution >= 4 is 81.0 Å². The van der Waals surface area contributed by atoms with Crippen molar-refractivity contribution in [3.63, 3.8) is 0 Å². The molecule has 13 heteroatoms. The summed E-state index contributed by atoms with van der Waals surface area (Å²) in [5.41, 5.74) is 5.43. The average molecular weight is 760 g/mol. The van der Waals surface area contributed by atoms with E-state index in [4.69, 9.17) is 61.0 Å². The summed E-state index contributed by atoms with van der Waals surface area (Å²) >= 11 is 25.7. The van der Waals surface area contributed by atoms with E-state index in [1.54, 1.807) is 24.4 Å². The Balaban J connectivity index is 0.000000175. The Hall–Kier alpha value is -3.63. The number of imidazole rings is 1. The van der Waals surface area contributed by atoms with E-state index in [9.17, 15) is 19.2 Å². The molecule has 3 aromatic rings. The van der Waals surface area contributed by atoms with Crippen molar-refractivity contribution in [1.29, 1.82) is 0 Å². The molecule has 0 radical (unpaired) electrons. The first-order valence-electron chi connectivity index (χ1n) is 16.3. The van der Waals surface area contributed by atoms with Crippen LogP contribution < -0.4 is 9.47 Å². The number of aromatic nitrogens is 2. The van der Waals surface area contributed by atoms with Gasteiger partial charge in [-0.2, -0.15) is 0 Å². The van der Waals surface area contributed by atoms with Crippen molar-refractivity contribution in [2.75, 3.05) is 13.2 Å². The maximum Gasteiger partial charge on any atom is 0.341 e. The van der Waals surface area contributed by atoms with Gasteiger partial charge in [0, 0.05) is 47.2 Å². The number of ketones is 2. The third-order valence-electron chi connectivity index (χ3n) is 10.4. The van der Waals surface area contributed by atoms with Gasteiger partial charge >= 0.3 is 5.97 Å². The maximum absolute atomic E-state index is 12.1. The molecule has 0 spiro atoms. The summed E-state index contributed by atoms with van der Waals surface area (Å²) < 4.78 is 12.3. The second kappa shape index (κ2) is 14.2. The fourth-order valence-corrected chi connectivity index (χ4v) is 8.70. The van der Waals surface area contributed by atoms with Gasteiger partial charge in [-0.05, 0) is 85.1 Å². The van der Waals surface area contributed by atoms with Crippen molar-refractivity contribution < 1.29 is 33.8 Å². The highest BCUT2D eigenvalue weighted by Crippen LogP contribution is 2.59. The van der Waals surface area contributed by atoms with E-state index in [0.717, 1.165) is 71.9 Å². The number of hydrogen-bond donors (Lipinski definition) is 1. The van der Waals surface area contributed by atoms with Crippen LogP contribution in [0.25, 0.3) is 11.1 Å². The van der Waals surface area contributed by atoms with E-state index < -0.39 is 12.6 Å². The number of aliphatic carboxylic acids is 1. The maximum atomic E-state index is 12.1. The molecular weight excluding hydrogens is 726 g/mol. The number of ether oxygens (including phenoxy) is 2. The molecular formula is C37H34Cl4N2O7. The Bertz CT molecular complexity index is 1990. The van der Waals surface area contributed by atoms with E-state index in [-0.39, 0.29) is 50.7 Å². The van der Waals surface area contributed by atoms with Gasteiger partial charge in [-0.25, -0.2) is 9.78 Å². The first kappa shape index (κ1) is 36.2. The predicted molar refractivity (Wildman–Crippen MR) is 192 cm³/mol. The molecule has 4 aliphatic carbocycles. The number of carboxylic acids is 1. The number of benzene rings is 2. The van der Waals surface area contributed by atoms with E-state index in [1.807, 2.05) is 6.07 Å². The summed E-state index contributed by atoms with van der Waals surface area (Å²) in [6.07, 6.45) is 14.0. The zero-order valence-electron chi connectivity index (χ0n) is 27.4. The van der Waals surface area contributed by atoms with Crippen LogP contribution in [0.5, 0.6) is 11.5 Å². The van der Waals surface area contributed by atoms with Crippen molar-refractivity contribution in [2.24, 2.45) is 10.8 Å². The molecule has 0 amide bonds. The molecule has 262 valence electrons. The van der Waals surface area contributed by atoms with Crippen LogP contribution >= 0.6 is 46.4 Å². The van der Waals surface area contributed by atoms with Crippen LogP contribution in [-0.4, -0.2) is 51.3 Å². The third kappa shape index (κ3) is 6.49. The molecule has 0 saturated heterocycles. The number of hydrogen-bond acceptors (Lipinski definition) is 7. The van der Waals surface area contributed by atoms with Crippen LogP contribution in [-0.2, 0) is 27.2 Å². The van der Waals surface area contributed by atoms with Gasteiger partial charge in [0.15, 0.2) is 24.8 Å². The molecule has 2 atom stereocenters. The van der Waals surface area contributed by atoms with E-state index >= 15 is 0 Å². The molecule has 50 heavy (non-hydrogen) atoms. The molecule has 1 aromatic heterocycles. The zero-order valence-corrected chi connectivity index (χ0v) is 30.4. The lowest BCUT2D eigenvalue weighted by molar-refractivity contribution is -0.139. The van der Waals surface area contributed by atoms with Crippen LogP contribution in [0.15, 0.2) is 43.0 Å². The van der Waals surface area contributed by atoms with Crippen molar-refractivity contribution in [2.45, 2.75) is 65.2 Å². The zero-order chi connectivity index (χ0) is 36.0. The lowest BCUT2D eigenvalue weighted by Crippen LogP contribution is -2.24. The van der Waals surface area contributed by atoms with Crippen LogP contribution in [0.4, 0.5) is 0 Å². The topological polar surface area (TPSA) is 125 Å². The summed E-state index contributed by atoms with van der Waals surface area (Å²) in [5, 5.41) is 9.93. The first-order chi connectivity index (χ1) is 23.8.